The SMILES string of the molecule is Cc1cccc(NC(=O)CSc2nc3ccc(N4C(=O)c5cccc6cccc(c56)C4=O)cc3s2)c1C. The number of thiazole rings is 1. The number of nitrogens with one attached hydrogen (secondary N) is 1. The summed E-state index contributed by atoms with van der Waals surface area (Å²) in [5.74, 6) is -0.549. The van der Waals surface area contributed by atoms with Crippen LogP contribution < -0.4 is 10.2 Å². The Bertz CT molecular complexity index is 1710. The summed E-state index contributed by atoms with van der Waals surface area (Å²) in [6.45, 7) is 4.00. The van der Waals surface area contributed by atoms with Gasteiger partial charge in [-0.3, -0.25) is 14.4 Å². The zero-order valence-corrected chi connectivity index (χ0v) is 21.7. The molecule has 37 heavy (non-hydrogen) atoms. The lowest BCUT2D eigenvalue weighted by Crippen LogP contribution is -2.40. The van der Waals surface area contributed by atoms with E-state index in [-0.39, 0.29) is 23.5 Å². The maximum absolute atomic E-state index is 13.4. The third-order valence-electron chi connectivity index (χ3n) is 6.59. The second-order valence-electron chi connectivity index (χ2n) is 8.87. The highest BCUT2D eigenvalue weighted by Gasteiger charge is 2.34. The summed E-state index contributed by atoms with van der Waals surface area (Å²) in [7, 11) is 0. The van der Waals surface area contributed by atoms with Crippen molar-refractivity contribution < 1.29 is 14.4 Å². The van der Waals surface area contributed by atoms with Crippen molar-refractivity contribution in [2.24, 2.45) is 0 Å². The van der Waals surface area contributed by atoms with E-state index in [2.05, 4.69) is 10.3 Å². The fourth-order valence-corrected chi connectivity index (χ4v) is 6.46. The Balaban J connectivity index is 1.23. The Morgan fingerprint density at radius 2 is 1.65 bits per heavy atom. The molecule has 2 heterocycles. The van der Waals surface area contributed by atoms with Crippen LogP contribution in [0.3, 0.4) is 0 Å². The average Bonchev–Trinajstić information content (AvgIpc) is 3.31. The number of rotatable bonds is 5. The third-order valence-corrected chi connectivity index (χ3v) is 8.75. The van der Waals surface area contributed by atoms with Gasteiger partial charge in [0.05, 0.1) is 21.7 Å². The van der Waals surface area contributed by atoms with Crippen LogP contribution in [-0.4, -0.2) is 28.5 Å². The van der Waals surface area contributed by atoms with Crippen molar-refractivity contribution in [2.45, 2.75) is 18.2 Å². The van der Waals surface area contributed by atoms with Gasteiger partial charge in [-0.2, -0.15) is 0 Å². The summed E-state index contributed by atoms with van der Waals surface area (Å²) >= 11 is 2.80. The van der Waals surface area contributed by atoms with Crippen molar-refractivity contribution in [1.29, 1.82) is 0 Å². The number of carbonyl (C=O) groups excluding carboxylic acids is 3. The first-order valence-electron chi connectivity index (χ1n) is 11.7. The fraction of sp³-hybridized carbons (Fsp3) is 0.103. The van der Waals surface area contributed by atoms with Crippen LogP contribution in [0.15, 0.2) is 77.1 Å². The van der Waals surface area contributed by atoms with Gasteiger partial charge in [-0.15, -0.1) is 11.3 Å². The third kappa shape index (κ3) is 4.08. The number of amides is 3. The Morgan fingerprint density at radius 3 is 2.38 bits per heavy atom. The molecule has 6 nitrogen and oxygen atoms in total. The van der Waals surface area contributed by atoms with E-state index in [0.717, 1.165) is 36.8 Å². The Morgan fingerprint density at radius 1 is 0.946 bits per heavy atom. The number of fused-ring (bicyclic) bond motifs is 1. The summed E-state index contributed by atoms with van der Waals surface area (Å²) in [4.78, 5) is 45.1. The predicted octanol–water partition coefficient (Wildman–Crippen LogP) is 6.60. The molecule has 0 saturated carbocycles. The van der Waals surface area contributed by atoms with Crippen LogP contribution in [-0.2, 0) is 4.79 Å². The molecular formula is C29H21N3O3S2. The minimum Gasteiger partial charge on any atom is -0.325 e. The predicted molar refractivity (Wildman–Crippen MR) is 150 cm³/mol. The molecule has 0 aliphatic carbocycles. The molecule has 1 N–H and O–H groups in total. The highest BCUT2D eigenvalue weighted by atomic mass is 32.2. The van der Waals surface area contributed by atoms with Crippen LogP contribution in [0.4, 0.5) is 11.4 Å². The first-order chi connectivity index (χ1) is 17.9. The number of aryl methyl sites for hydroxylation is 1. The molecule has 0 bridgehead atoms. The maximum atomic E-state index is 13.4. The van der Waals surface area contributed by atoms with Crippen LogP contribution >= 0.6 is 23.1 Å². The first kappa shape index (κ1) is 23.4. The number of aromatic nitrogens is 1. The van der Waals surface area contributed by atoms with E-state index in [0.29, 0.717) is 22.2 Å². The van der Waals surface area contributed by atoms with E-state index >= 15 is 0 Å². The number of hydrogen-bond acceptors (Lipinski definition) is 6. The van der Waals surface area contributed by atoms with E-state index in [4.69, 9.17) is 0 Å². The number of thioether (sulfide) groups is 1. The molecule has 1 aliphatic rings. The number of imide groups is 1. The van der Waals surface area contributed by atoms with E-state index in [9.17, 15) is 14.4 Å². The van der Waals surface area contributed by atoms with Gasteiger partial charge in [0.15, 0.2) is 4.34 Å². The van der Waals surface area contributed by atoms with Gasteiger partial charge in [-0.05, 0) is 66.8 Å². The molecule has 0 fully saturated rings. The van der Waals surface area contributed by atoms with Crippen molar-refractivity contribution in [3.05, 3.63) is 95.1 Å². The van der Waals surface area contributed by atoms with Crippen molar-refractivity contribution in [3.8, 4) is 0 Å². The van der Waals surface area contributed by atoms with Crippen molar-refractivity contribution >= 4 is 73.2 Å². The molecule has 4 aromatic carbocycles. The molecule has 1 aromatic heterocycles. The molecular weight excluding hydrogens is 502 g/mol. The topological polar surface area (TPSA) is 79.4 Å². The summed E-state index contributed by atoms with van der Waals surface area (Å²) in [5, 5.41) is 4.54. The molecule has 8 heteroatoms. The zero-order valence-electron chi connectivity index (χ0n) is 20.1. The van der Waals surface area contributed by atoms with Gasteiger partial charge < -0.3 is 5.32 Å². The van der Waals surface area contributed by atoms with Crippen molar-refractivity contribution in [1.82, 2.24) is 4.98 Å². The van der Waals surface area contributed by atoms with Crippen molar-refractivity contribution in [2.75, 3.05) is 16.0 Å². The number of carbonyl (C=O) groups is 3. The van der Waals surface area contributed by atoms with Crippen LogP contribution in [0.1, 0.15) is 31.8 Å². The largest absolute Gasteiger partial charge is 0.325 e. The lowest BCUT2D eigenvalue weighted by Gasteiger charge is -2.27. The first-order valence-corrected chi connectivity index (χ1v) is 13.5. The number of hydrogen-bond donors (Lipinski definition) is 1. The van der Waals surface area contributed by atoms with Gasteiger partial charge in [0, 0.05) is 22.2 Å². The average molecular weight is 524 g/mol. The van der Waals surface area contributed by atoms with Crippen LogP contribution in [0.25, 0.3) is 21.0 Å². The minimum atomic E-state index is -0.337. The van der Waals surface area contributed by atoms with E-state index in [1.54, 1.807) is 18.2 Å². The van der Waals surface area contributed by atoms with Crippen LogP contribution in [0, 0.1) is 13.8 Å². The molecule has 6 rings (SSSR count). The summed E-state index contributed by atoms with van der Waals surface area (Å²) in [6.07, 6.45) is 0. The van der Waals surface area contributed by atoms with Gasteiger partial charge >= 0.3 is 0 Å². The lowest BCUT2D eigenvalue weighted by molar-refractivity contribution is -0.113. The van der Waals surface area contributed by atoms with Gasteiger partial charge in [0.25, 0.3) is 11.8 Å². The van der Waals surface area contributed by atoms with Gasteiger partial charge in [0.2, 0.25) is 5.91 Å². The van der Waals surface area contributed by atoms with E-state index < -0.39 is 0 Å². The van der Waals surface area contributed by atoms with Crippen LogP contribution in [0.2, 0.25) is 0 Å². The maximum Gasteiger partial charge on any atom is 0.265 e. The van der Waals surface area contributed by atoms with Crippen molar-refractivity contribution in [3.63, 3.8) is 0 Å². The minimum absolute atomic E-state index is 0.101. The molecule has 3 amide bonds. The smallest absolute Gasteiger partial charge is 0.265 e. The Kier molecular flexibility index (Phi) is 5.78. The fourth-order valence-electron chi connectivity index (χ4n) is 4.56. The Labute approximate surface area is 221 Å². The second-order valence-corrected chi connectivity index (χ2v) is 11.1. The van der Waals surface area contributed by atoms with Crippen LogP contribution in [0.5, 0.6) is 0 Å². The molecule has 1 aliphatic heterocycles. The normalized spacial score (nSPS) is 13.0. The van der Waals surface area contributed by atoms with Gasteiger partial charge in [-0.25, -0.2) is 9.88 Å². The molecule has 182 valence electrons. The monoisotopic (exact) mass is 523 g/mol. The summed E-state index contributed by atoms with van der Waals surface area (Å²) in [5.41, 5.74) is 5.28. The number of anilines is 2. The highest BCUT2D eigenvalue weighted by molar-refractivity contribution is 8.01. The second kappa shape index (κ2) is 9.14. The molecule has 0 radical (unpaired) electrons. The standard InChI is InChI=1S/C29H21N3O3S2/c1-16-6-3-11-22(17(16)2)30-25(33)15-36-29-31-23-13-12-19(14-24(23)37-29)32-27(34)20-9-4-7-18-8-5-10-21(26(18)20)28(32)35/h3-14H,15H2,1-2H3,(H,30,33). The molecule has 0 atom stereocenters. The quantitative estimate of drug-likeness (QED) is 0.207. The highest BCUT2D eigenvalue weighted by Crippen LogP contribution is 2.36. The van der Waals surface area contributed by atoms with E-state index in [1.165, 1.54) is 28.0 Å². The molecule has 0 saturated heterocycles. The number of nitrogens with zero attached hydrogens (tertiary/aromatic N) is 2. The van der Waals surface area contributed by atoms with E-state index in [1.807, 2.05) is 68.4 Å². The Hall–Kier alpha value is -4.01. The molecule has 5 aromatic rings. The molecule has 0 spiro atoms. The summed E-state index contributed by atoms with van der Waals surface area (Å²) < 4.78 is 1.59. The lowest BCUT2D eigenvalue weighted by atomic mass is 9.94. The number of benzene rings is 4. The van der Waals surface area contributed by atoms with Gasteiger partial charge in [0.1, 0.15) is 0 Å². The van der Waals surface area contributed by atoms with Gasteiger partial charge in [-0.1, -0.05) is 48.2 Å². The summed E-state index contributed by atoms with van der Waals surface area (Å²) in [6, 6.07) is 22.2. The zero-order chi connectivity index (χ0) is 25.7. The molecule has 0 unspecified atom stereocenters.